The van der Waals surface area contributed by atoms with Gasteiger partial charge in [-0.05, 0) is 51.5 Å². The molecular weight excluding hydrogens is 326 g/mol. The Hall–Kier alpha value is -1.32. The zero-order valence-electron chi connectivity index (χ0n) is 12.6. The molecule has 0 bridgehead atoms. The van der Waals surface area contributed by atoms with Crippen LogP contribution in [0.1, 0.15) is 30.4 Å². The van der Waals surface area contributed by atoms with E-state index in [-0.39, 0.29) is 0 Å². The maximum Gasteiger partial charge on any atom is 0.133 e. The summed E-state index contributed by atoms with van der Waals surface area (Å²) in [4.78, 5) is 0. The van der Waals surface area contributed by atoms with E-state index in [1.54, 1.807) is 7.11 Å². The molecule has 2 aromatic carbocycles. The van der Waals surface area contributed by atoms with Gasteiger partial charge in [0.05, 0.1) is 11.6 Å². The molecule has 2 rings (SSSR count). The van der Waals surface area contributed by atoms with Crippen LogP contribution in [0, 0.1) is 0 Å². The molecule has 1 atom stereocenters. The molecule has 112 valence electrons. The Balaban J connectivity index is 1.90. The molecule has 0 radical (unpaired) electrons. The van der Waals surface area contributed by atoms with Crippen LogP contribution in [0.3, 0.4) is 0 Å². The van der Waals surface area contributed by atoms with Gasteiger partial charge in [0.2, 0.25) is 0 Å². The molecule has 0 amide bonds. The normalized spacial score (nSPS) is 12.1. The fourth-order valence-electron chi connectivity index (χ4n) is 2.43. The summed E-state index contributed by atoms with van der Waals surface area (Å²) in [6.45, 7) is 4.10. The highest BCUT2D eigenvalue weighted by Crippen LogP contribution is 2.25. The van der Waals surface area contributed by atoms with Gasteiger partial charge in [-0.2, -0.15) is 0 Å². The quantitative estimate of drug-likeness (QED) is 0.780. The van der Waals surface area contributed by atoms with E-state index < -0.39 is 0 Å². The summed E-state index contributed by atoms with van der Waals surface area (Å²) in [6, 6.07) is 16.9. The van der Waals surface area contributed by atoms with Crippen LogP contribution >= 0.6 is 15.9 Å². The van der Waals surface area contributed by atoms with Crippen LogP contribution in [-0.2, 0) is 6.54 Å². The van der Waals surface area contributed by atoms with Crippen molar-refractivity contribution in [3.63, 3.8) is 0 Å². The van der Waals surface area contributed by atoms with E-state index in [1.165, 1.54) is 11.1 Å². The third-order valence-corrected chi connectivity index (χ3v) is 4.32. The number of benzene rings is 2. The standard InChI is InChI=1S/C18H22BrNO/c1-3-15(16-7-5-4-6-8-16)13-20-12-14-9-10-18(21-2)17(19)11-14/h4-11,15,20H,3,12-13H2,1-2H3/t15-/m0/s1. The van der Waals surface area contributed by atoms with Crippen molar-refractivity contribution in [3.05, 3.63) is 64.1 Å². The molecule has 0 saturated carbocycles. The summed E-state index contributed by atoms with van der Waals surface area (Å²) in [5.74, 6) is 1.43. The third-order valence-electron chi connectivity index (χ3n) is 3.70. The molecule has 0 aromatic heterocycles. The fourth-order valence-corrected chi connectivity index (χ4v) is 3.02. The predicted molar refractivity (Wildman–Crippen MR) is 91.9 cm³/mol. The summed E-state index contributed by atoms with van der Waals surface area (Å²) in [6.07, 6.45) is 1.14. The Kier molecular flexibility index (Phi) is 6.27. The lowest BCUT2D eigenvalue weighted by Gasteiger charge is -2.16. The van der Waals surface area contributed by atoms with Crippen LogP contribution in [0.25, 0.3) is 0 Å². The largest absolute Gasteiger partial charge is 0.496 e. The molecule has 0 heterocycles. The van der Waals surface area contributed by atoms with Crippen LogP contribution in [-0.4, -0.2) is 13.7 Å². The Morgan fingerprint density at radius 1 is 1.14 bits per heavy atom. The second-order valence-electron chi connectivity index (χ2n) is 5.12. The highest BCUT2D eigenvalue weighted by Gasteiger charge is 2.08. The van der Waals surface area contributed by atoms with Gasteiger partial charge in [0.25, 0.3) is 0 Å². The lowest BCUT2D eigenvalue weighted by molar-refractivity contribution is 0.412. The second kappa shape index (κ2) is 8.20. The van der Waals surface area contributed by atoms with Gasteiger partial charge in [-0.3, -0.25) is 0 Å². The number of rotatable bonds is 7. The molecule has 0 fully saturated rings. The first-order valence-corrected chi connectivity index (χ1v) is 8.12. The maximum atomic E-state index is 5.25. The third kappa shape index (κ3) is 4.58. The van der Waals surface area contributed by atoms with Crippen molar-refractivity contribution in [1.29, 1.82) is 0 Å². The summed E-state index contributed by atoms with van der Waals surface area (Å²) in [5.41, 5.74) is 2.66. The molecule has 0 aliphatic heterocycles. The van der Waals surface area contributed by atoms with Crippen LogP contribution in [0.15, 0.2) is 53.0 Å². The molecule has 3 heteroatoms. The van der Waals surface area contributed by atoms with E-state index in [0.29, 0.717) is 5.92 Å². The van der Waals surface area contributed by atoms with Gasteiger partial charge in [0.15, 0.2) is 0 Å². The molecule has 21 heavy (non-hydrogen) atoms. The van der Waals surface area contributed by atoms with E-state index in [9.17, 15) is 0 Å². The molecule has 2 nitrogen and oxygen atoms in total. The molecule has 0 spiro atoms. The number of methoxy groups -OCH3 is 1. The highest BCUT2D eigenvalue weighted by molar-refractivity contribution is 9.10. The van der Waals surface area contributed by atoms with Crippen molar-refractivity contribution in [2.75, 3.05) is 13.7 Å². The van der Waals surface area contributed by atoms with Crippen LogP contribution in [0.4, 0.5) is 0 Å². The average molecular weight is 348 g/mol. The Bertz CT molecular complexity index is 556. The van der Waals surface area contributed by atoms with Crippen LogP contribution in [0.5, 0.6) is 5.75 Å². The first-order valence-electron chi connectivity index (χ1n) is 7.32. The number of ether oxygens (including phenoxy) is 1. The number of hydrogen-bond acceptors (Lipinski definition) is 2. The van der Waals surface area contributed by atoms with Crippen molar-refractivity contribution in [3.8, 4) is 5.75 Å². The van der Waals surface area contributed by atoms with Gasteiger partial charge in [0.1, 0.15) is 5.75 Å². The predicted octanol–water partition coefficient (Wildman–Crippen LogP) is 4.74. The second-order valence-corrected chi connectivity index (χ2v) is 5.97. The Morgan fingerprint density at radius 2 is 1.90 bits per heavy atom. The van der Waals surface area contributed by atoms with Gasteiger partial charge in [0, 0.05) is 13.1 Å². The topological polar surface area (TPSA) is 21.3 Å². The zero-order chi connectivity index (χ0) is 15.1. The Morgan fingerprint density at radius 3 is 2.52 bits per heavy atom. The minimum atomic E-state index is 0.563. The number of hydrogen-bond donors (Lipinski definition) is 1. The van der Waals surface area contributed by atoms with E-state index in [1.807, 2.05) is 6.07 Å². The van der Waals surface area contributed by atoms with E-state index in [4.69, 9.17) is 4.74 Å². The van der Waals surface area contributed by atoms with Gasteiger partial charge >= 0.3 is 0 Å². The van der Waals surface area contributed by atoms with Crippen molar-refractivity contribution in [2.24, 2.45) is 0 Å². The summed E-state index contributed by atoms with van der Waals surface area (Å²) >= 11 is 3.53. The van der Waals surface area contributed by atoms with Crippen molar-refractivity contribution >= 4 is 15.9 Å². The summed E-state index contributed by atoms with van der Waals surface area (Å²) in [7, 11) is 1.68. The number of nitrogens with one attached hydrogen (secondary N) is 1. The van der Waals surface area contributed by atoms with E-state index in [2.05, 4.69) is 70.6 Å². The first-order chi connectivity index (χ1) is 10.2. The molecule has 2 aromatic rings. The summed E-state index contributed by atoms with van der Waals surface area (Å²) in [5, 5.41) is 3.55. The average Bonchev–Trinajstić information content (AvgIpc) is 2.52. The maximum absolute atomic E-state index is 5.25. The minimum absolute atomic E-state index is 0.563. The lowest BCUT2D eigenvalue weighted by atomic mass is 9.96. The molecule has 0 aliphatic rings. The van der Waals surface area contributed by atoms with Crippen LogP contribution in [0.2, 0.25) is 0 Å². The van der Waals surface area contributed by atoms with Gasteiger partial charge in [-0.25, -0.2) is 0 Å². The van der Waals surface area contributed by atoms with Gasteiger partial charge in [-0.1, -0.05) is 43.3 Å². The SMILES string of the molecule is CC[C@@H](CNCc1ccc(OC)c(Br)c1)c1ccccc1. The van der Waals surface area contributed by atoms with Crippen molar-refractivity contribution < 1.29 is 4.74 Å². The molecule has 0 unspecified atom stereocenters. The van der Waals surface area contributed by atoms with Crippen molar-refractivity contribution in [2.45, 2.75) is 25.8 Å². The molecule has 0 saturated heterocycles. The van der Waals surface area contributed by atoms with Crippen molar-refractivity contribution in [1.82, 2.24) is 5.32 Å². The fraction of sp³-hybridized carbons (Fsp3) is 0.333. The monoisotopic (exact) mass is 347 g/mol. The summed E-state index contributed by atoms with van der Waals surface area (Å²) < 4.78 is 6.25. The first kappa shape index (κ1) is 16.1. The molecule has 1 N–H and O–H groups in total. The lowest BCUT2D eigenvalue weighted by Crippen LogP contribution is -2.21. The zero-order valence-corrected chi connectivity index (χ0v) is 14.2. The highest BCUT2D eigenvalue weighted by atomic mass is 79.9. The van der Waals surface area contributed by atoms with E-state index >= 15 is 0 Å². The Labute approximate surface area is 135 Å². The van der Waals surface area contributed by atoms with Crippen LogP contribution < -0.4 is 10.1 Å². The number of halogens is 1. The minimum Gasteiger partial charge on any atom is -0.496 e. The molecular formula is C18H22BrNO. The van der Waals surface area contributed by atoms with Gasteiger partial charge < -0.3 is 10.1 Å². The van der Waals surface area contributed by atoms with Gasteiger partial charge in [-0.15, -0.1) is 0 Å². The smallest absolute Gasteiger partial charge is 0.133 e. The van der Waals surface area contributed by atoms with E-state index in [0.717, 1.165) is 29.7 Å². The molecule has 0 aliphatic carbocycles.